The number of ether oxygens (including phenoxy) is 1. The van der Waals surface area contributed by atoms with Crippen LogP contribution in [-0.4, -0.2) is 76.6 Å². The molecule has 0 aliphatic carbocycles. The number of aryl methyl sites for hydroxylation is 2. The molecule has 1 amide bonds. The number of amides is 1. The van der Waals surface area contributed by atoms with Crippen molar-refractivity contribution in [2.75, 3.05) is 44.0 Å². The van der Waals surface area contributed by atoms with Gasteiger partial charge in [-0.3, -0.25) is 9.36 Å². The molecule has 0 spiro atoms. The maximum absolute atomic E-state index is 13.2. The smallest absolute Gasteiger partial charge is 0.407 e. The Morgan fingerprint density at radius 3 is 2.65 bits per heavy atom. The summed E-state index contributed by atoms with van der Waals surface area (Å²) in [6.07, 6.45) is 0.386. The highest BCUT2D eigenvalue weighted by molar-refractivity contribution is 5.66. The largest absolute Gasteiger partial charge is 0.465 e. The molecule has 1 aliphatic rings. The van der Waals surface area contributed by atoms with E-state index in [-0.39, 0.29) is 30.8 Å². The van der Waals surface area contributed by atoms with Crippen LogP contribution in [0.3, 0.4) is 0 Å². The summed E-state index contributed by atoms with van der Waals surface area (Å²) in [5.74, 6) is 1.36. The number of hydrogen-bond acceptors (Lipinski definition) is 7. The molecule has 0 aromatic carbocycles. The minimum absolute atomic E-state index is 0.234. The van der Waals surface area contributed by atoms with Crippen LogP contribution in [0.25, 0.3) is 11.4 Å². The van der Waals surface area contributed by atoms with E-state index >= 15 is 0 Å². The summed E-state index contributed by atoms with van der Waals surface area (Å²) in [5.41, 5.74) is 2.40. The predicted octanol–water partition coefficient (Wildman–Crippen LogP) is 1.70. The van der Waals surface area contributed by atoms with Crippen LogP contribution in [0, 0.1) is 13.8 Å². The molecule has 1 saturated heterocycles. The Kier molecular flexibility index (Phi) is 6.49. The number of aromatic nitrogens is 3. The van der Waals surface area contributed by atoms with E-state index in [0.29, 0.717) is 23.8 Å². The van der Waals surface area contributed by atoms with Gasteiger partial charge in [0.2, 0.25) is 0 Å². The first kappa shape index (κ1) is 22.5. The van der Waals surface area contributed by atoms with Crippen molar-refractivity contribution < 1.29 is 14.6 Å². The second-order valence-corrected chi connectivity index (χ2v) is 7.94. The molecule has 10 nitrogen and oxygen atoms in total. The number of pyridine rings is 1. The zero-order valence-electron chi connectivity index (χ0n) is 18.8. The van der Waals surface area contributed by atoms with Crippen molar-refractivity contribution in [2.24, 2.45) is 7.05 Å². The summed E-state index contributed by atoms with van der Waals surface area (Å²) < 4.78 is 7.20. The summed E-state index contributed by atoms with van der Waals surface area (Å²) in [7, 11) is 5.51. The molecule has 2 aromatic rings. The molecule has 3 rings (SSSR count). The van der Waals surface area contributed by atoms with E-state index in [1.807, 2.05) is 38.9 Å². The first-order chi connectivity index (χ1) is 14.6. The van der Waals surface area contributed by atoms with Gasteiger partial charge in [-0.15, -0.1) is 0 Å². The molecule has 10 heteroatoms. The van der Waals surface area contributed by atoms with Crippen LogP contribution >= 0.6 is 0 Å². The van der Waals surface area contributed by atoms with Crippen molar-refractivity contribution in [1.82, 2.24) is 19.4 Å². The monoisotopic (exact) mass is 430 g/mol. The Morgan fingerprint density at radius 2 is 2.06 bits per heavy atom. The fourth-order valence-corrected chi connectivity index (χ4v) is 3.77. The van der Waals surface area contributed by atoms with E-state index in [1.54, 1.807) is 20.2 Å². The molecule has 2 aromatic heterocycles. The van der Waals surface area contributed by atoms with Gasteiger partial charge in [-0.1, -0.05) is 0 Å². The van der Waals surface area contributed by atoms with Gasteiger partial charge in [0.25, 0.3) is 5.56 Å². The molecule has 31 heavy (non-hydrogen) atoms. The maximum atomic E-state index is 13.2. The minimum Gasteiger partial charge on any atom is -0.465 e. The second kappa shape index (κ2) is 8.93. The molecule has 0 radical (unpaired) electrons. The highest BCUT2D eigenvalue weighted by Gasteiger charge is 2.36. The quantitative estimate of drug-likeness (QED) is 0.712. The van der Waals surface area contributed by atoms with E-state index < -0.39 is 6.09 Å². The molecule has 3 heterocycles. The Bertz CT molecular complexity index is 1040. The van der Waals surface area contributed by atoms with Crippen LogP contribution in [0.2, 0.25) is 0 Å². The van der Waals surface area contributed by atoms with Gasteiger partial charge in [0.05, 0.1) is 24.4 Å². The van der Waals surface area contributed by atoms with Gasteiger partial charge in [-0.2, -0.15) is 0 Å². The molecular formula is C21H30N6O4. The molecule has 1 fully saturated rings. The lowest BCUT2D eigenvalue weighted by Crippen LogP contribution is -2.38. The average Bonchev–Trinajstić information content (AvgIpc) is 3.11. The van der Waals surface area contributed by atoms with Crippen LogP contribution in [0.4, 0.5) is 16.3 Å². The van der Waals surface area contributed by atoms with Crippen LogP contribution in [0.5, 0.6) is 0 Å². The van der Waals surface area contributed by atoms with Gasteiger partial charge in [0.15, 0.2) is 0 Å². The third kappa shape index (κ3) is 4.48. The van der Waals surface area contributed by atoms with Crippen molar-refractivity contribution >= 4 is 17.6 Å². The molecule has 2 atom stereocenters. The summed E-state index contributed by atoms with van der Waals surface area (Å²) in [4.78, 5) is 36.9. The molecular weight excluding hydrogens is 400 g/mol. The van der Waals surface area contributed by atoms with E-state index in [1.165, 1.54) is 9.47 Å². The Morgan fingerprint density at radius 1 is 1.35 bits per heavy atom. The van der Waals surface area contributed by atoms with E-state index in [0.717, 1.165) is 16.9 Å². The number of hydrogen-bond donors (Lipinski definition) is 2. The van der Waals surface area contributed by atoms with Gasteiger partial charge in [-0.05, 0) is 32.4 Å². The van der Waals surface area contributed by atoms with Gasteiger partial charge in [0, 0.05) is 46.1 Å². The number of anilines is 2. The number of carbonyl (C=O) groups is 1. The van der Waals surface area contributed by atoms with E-state index in [4.69, 9.17) is 4.74 Å². The third-order valence-corrected chi connectivity index (χ3v) is 5.51. The molecule has 0 bridgehead atoms. The normalized spacial score (nSPS) is 18.3. The highest BCUT2D eigenvalue weighted by Crippen LogP contribution is 2.25. The minimum atomic E-state index is -1.00. The number of rotatable bonds is 6. The highest BCUT2D eigenvalue weighted by atomic mass is 16.5. The van der Waals surface area contributed by atoms with Crippen LogP contribution in [0.1, 0.15) is 18.2 Å². The number of carboxylic acid groups (broad SMARTS) is 1. The third-order valence-electron chi connectivity index (χ3n) is 5.51. The molecule has 168 valence electrons. The molecule has 1 aliphatic heterocycles. The average molecular weight is 431 g/mol. The lowest BCUT2D eigenvalue weighted by molar-refractivity contribution is 0.0629. The molecule has 2 N–H and O–H groups in total. The number of likely N-dealkylation sites (tertiary alicyclic amines) is 1. The molecule has 0 unspecified atom stereocenters. The lowest BCUT2D eigenvalue weighted by atomic mass is 10.1. The Labute approximate surface area is 181 Å². The summed E-state index contributed by atoms with van der Waals surface area (Å²) in [6, 6.07) is 1.62. The van der Waals surface area contributed by atoms with Crippen molar-refractivity contribution in [3.8, 4) is 11.4 Å². The predicted molar refractivity (Wildman–Crippen MR) is 119 cm³/mol. The van der Waals surface area contributed by atoms with Crippen LogP contribution in [0.15, 0.2) is 17.1 Å². The summed E-state index contributed by atoms with van der Waals surface area (Å²) in [5, 5.41) is 12.5. The van der Waals surface area contributed by atoms with E-state index in [9.17, 15) is 14.7 Å². The SMILES string of the molecule is CCO[C@H]1CN(C(=O)O)C[C@H]1Nc1c(C)nc(-c2cnc(N(C)C)cc2C)n(C)c1=O. The zero-order valence-corrected chi connectivity index (χ0v) is 18.8. The van der Waals surface area contributed by atoms with Gasteiger partial charge >= 0.3 is 6.09 Å². The van der Waals surface area contributed by atoms with Gasteiger partial charge in [-0.25, -0.2) is 14.8 Å². The van der Waals surface area contributed by atoms with Crippen LogP contribution in [-0.2, 0) is 11.8 Å². The summed E-state index contributed by atoms with van der Waals surface area (Å²) >= 11 is 0. The second-order valence-electron chi connectivity index (χ2n) is 7.94. The number of nitrogens with one attached hydrogen (secondary N) is 1. The molecule has 0 saturated carbocycles. The van der Waals surface area contributed by atoms with Gasteiger partial charge < -0.3 is 25.0 Å². The fraction of sp³-hybridized carbons (Fsp3) is 0.524. The van der Waals surface area contributed by atoms with Crippen molar-refractivity contribution in [1.29, 1.82) is 0 Å². The first-order valence-electron chi connectivity index (χ1n) is 10.2. The standard InChI is InChI=1S/C21H30N6O4/c1-7-31-16-11-27(21(29)30)10-15(16)24-18-13(3)23-19(26(6)20(18)28)14-9-22-17(25(4)5)8-12(14)2/h8-9,15-16,24H,7,10-11H2,1-6H3,(H,29,30)/t15-,16+/m1/s1. The zero-order chi connectivity index (χ0) is 22.9. The van der Waals surface area contributed by atoms with E-state index in [2.05, 4.69) is 15.3 Å². The Hall–Kier alpha value is -3.14. The maximum Gasteiger partial charge on any atom is 0.407 e. The fourth-order valence-electron chi connectivity index (χ4n) is 3.77. The van der Waals surface area contributed by atoms with Crippen molar-refractivity contribution in [3.63, 3.8) is 0 Å². The van der Waals surface area contributed by atoms with Gasteiger partial charge in [0.1, 0.15) is 17.3 Å². The van der Waals surface area contributed by atoms with Crippen molar-refractivity contribution in [2.45, 2.75) is 32.9 Å². The lowest BCUT2D eigenvalue weighted by Gasteiger charge is -2.22. The first-order valence-corrected chi connectivity index (χ1v) is 10.2. The van der Waals surface area contributed by atoms with Crippen molar-refractivity contribution in [3.05, 3.63) is 33.9 Å². The summed E-state index contributed by atoms with van der Waals surface area (Å²) in [6.45, 7) is 6.54. The number of nitrogens with zero attached hydrogens (tertiary/aromatic N) is 5. The Balaban J connectivity index is 1.95. The topological polar surface area (TPSA) is 113 Å². The van der Waals surface area contributed by atoms with Crippen LogP contribution < -0.4 is 15.8 Å².